The number of aliphatic imine (C=N–C) groups is 1. The summed E-state index contributed by atoms with van der Waals surface area (Å²) in [7, 11) is 1.48. The van der Waals surface area contributed by atoms with Crippen LogP contribution in [0.2, 0.25) is 15.1 Å². The van der Waals surface area contributed by atoms with Crippen LogP contribution >= 0.6 is 46.6 Å². The summed E-state index contributed by atoms with van der Waals surface area (Å²) in [6.45, 7) is 1.50. The molecule has 0 aliphatic carbocycles. The maximum absolute atomic E-state index is 12.1. The van der Waals surface area contributed by atoms with Crippen molar-refractivity contribution in [3.63, 3.8) is 0 Å². The first-order valence-electron chi connectivity index (χ1n) is 8.51. The third-order valence-electron chi connectivity index (χ3n) is 3.84. The Hall–Kier alpha value is -2.19. The number of halogens is 3. The lowest BCUT2D eigenvalue weighted by Crippen LogP contribution is -2.23. The van der Waals surface area contributed by atoms with E-state index in [0.717, 1.165) is 17.3 Å². The number of ether oxygens (including phenoxy) is 2. The second-order valence-corrected chi connectivity index (χ2v) is 8.35. The highest BCUT2D eigenvalue weighted by molar-refractivity contribution is 8.18. The smallest absolute Gasteiger partial charge is 0.286 e. The van der Waals surface area contributed by atoms with E-state index in [9.17, 15) is 9.59 Å². The van der Waals surface area contributed by atoms with E-state index in [0.29, 0.717) is 37.0 Å². The van der Waals surface area contributed by atoms with Crippen molar-refractivity contribution in [3.05, 3.63) is 61.4 Å². The Labute approximate surface area is 192 Å². The topological polar surface area (TPSA) is 77.0 Å². The van der Waals surface area contributed by atoms with Gasteiger partial charge in [0.1, 0.15) is 6.61 Å². The summed E-state index contributed by atoms with van der Waals surface area (Å²) in [6, 6.07) is 8.43. The average Bonchev–Trinajstić information content (AvgIpc) is 2.99. The molecular formula is C20H15Cl3N2O4S. The summed E-state index contributed by atoms with van der Waals surface area (Å²) in [5.74, 6) is -0.0235. The maximum Gasteiger partial charge on any atom is 0.286 e. The summed E-state index contributed by atoms with van der Waals surface area (Å²) in [5.41, 5.74) is 1.35. The Kier molecular flexibility index (Phi) is 7.31. The molecule has 30 heavy (non-hydrogen) atoms. The van der Waals surface area contributed by atoms with Gasteiger partial charge in [-0.15, -0.1) is 0 Å². The van der Waals surface area contributed by atoms with Crippen LogP contribution in [0.3, 0.4) is 0 Å². The Balaban J connectivity index is 1.80. The molecule has 3 rings (SSSR count). The molecule has 156 valence electrons. The van der Waals surface area contributed by atoms with E-state index in [-0.39, 0.29) is 17.7 Å². The quantitative estimate of drug-likeness (QED) is 0.578. The van der Waals surface area contributed by atoms with Gasteiger partial charge in [-0.1, -0.05) is 40.9 Å². The number of amides is 2. The molecule has 1 heterocycles. The highest BCUT2D eigenvalue weighted by Gasteiger charge is 2.23. The van der Waals surface area contributed by atoms with Gasteiger partial charge in [0.05, 0.1) is 17.0 Å². The second-order valence-electron chi connectivity index (χ2n) is 6.07. The van der Waals surface area contributed by atoms with Gasteiger partial charge in [-0.25, -0.2) is 0 Å². The number of hydrogen-bond acceptors (Lipinski definition) is 5. The maximum atomic E-state index is 12.1. The van der Waals surface area contributed by atoms with Gasteiger partial charge < -0.3 is 14.8 Å². The van der Waals surface area contributed by atoms with Crippen molar-refractivity contribution >= 4 is 69.6 Å². The molecule has 2 aromatic carbocycles. The van der Waals surface area contributed by atoms with Crippen molar-refractivity contribution in [1.29, 1.82) is 0 Å². The van der Waals surface area contributed by atoms with Crippen LogP contribution < -0.4 is 14.8 Å². The van der Waals surface area contributed by atoms with E-state index in [4.69, 9.17) is 44.3 Å². The molecule has 0 aromatic heterocycles. The number of nitrogens with zero attached hydrogens (tertiary/aromatic N) is 1. The third kappa shape index (κ3) is 5.49. The molecule has 0 unspecified atom stereocenters. The first-order chi connectivity index (χ1) is 14.3. The monoisotopic (exact) mass is 484 g/mol. The molecule has 1 aliphatic rings. The van der Waals surface area contributed by atoms with E-state index in [1.165, 1.54) is 14.0 Å². The molecule has 2 amide bonds. The van der Waals surface area contributed by atoms with Gasteiger partial charge in [0.2, 0.25) is 5.91 Å². The number of carbonyl (C=O) groups is 2. The molecule has 0 saturated carbocycles. The van der Waals surface area contributed by atoms with Gasteiger partial charge in [0.15, 0.2) is 16.7 Å². The van der Waals surface area contributed by atoms with Crippen LogP contribution in [-0.2, 0) is 16.2 Å². The molecule has 0 atom stereocenters. The Morgan fingerprint density at radius 1 is 1.20 bits per heavy atom. The lowest BCUT2D eigenvalue weighted by atomic mass is 10.1. The van der Waals surface area contributed by atoms with Crippen molar-refractivity contribution < 1.29 is 19.1 Å². The van der Waals surface area contributed by atoms with E-state index in [1.807, 2.05) is 0 Å². The van der Waals surface area contributed by atoms with Crippen LogP contribution in [0.4, 0.5) is 0 Å². The molecule has 2 aromatic rings. The predicted molar refractivity (Wildman–Crippen MR) is 121 cm³/mol. The number of amidine groups is 1. The molecule has 0 fully saturated rings. The molecule has 1 N–H and O–H groups in total. The zero-order valence-electron chi connectivity index (χ0n) is 15.8. The lowest BCUT2D eigenvalue weighted by molar-refractivity contribution is -0.117. The zero-order chi connectivity index (χ0) is 21.8. The predicted octanol–water partition coefficient (Wildman–Crippen LogP) is 5.34. The lowest BCUT2D eigenvalue weighted by Gasteiger charge is -2.14. The zero-order valence-corrected chi connectivity index (χ0v) is 18.9. The van der Waals surface area contributed by atoms with Crippen molar-refractivity contribution in [2.45, 2.75) is 13.5 Å². The van der Waals surface area contributed by atoms with Gasteiger partial charge >= 0.3 is 0 Å². The highest BCUT2D eigenvalue weighted by atomic mass is 35.5. The fraction of sp³-hybridized carbons (Fsp3) is 0.150. The summed E-state index contributed by atoms with van der Waals surface area (Å²) in [4.78, 5) is 27.3. The van der Waals surface area contributed by atoms with Crippen LogP contribution in [0.5, 0.6) is 11.5 Å². The van der Waals surface area contributed by atoms with Crippen LogP contribution in [0, 0.1) is 0 Å². The van der Waals surface area contributed by atoms with Gasteiger partial charge in [0, 0.05) is 22.5 Å². The average molecular weight is 486 g/mol. The van der Waals surface area contributed by atoms with Gasteiger partial charge in [0.25, 0.3) is 5.91 Å². The molecule has 0 spiro atoms. The summed E-state index contributed by atoms with van der Waals surface area (Å²) in [6.07, 6.45) is 1.61. The Bertz CT molecular complexity index is 1090. The van der Waals surface area contributed by atoms with Crippen molar-refractivity contribution in [2.75, 3.05) is 7.11 Å². The van der Waals surface area contributed by atoms with Crippen LogP contribution in [0.1, 0.15) is 18.1 Å². The van der Waals surface area contributed by atoms with Gasteiger partial charge in [-0.05, 0) is 47.7 Å². The van der Waals surface area contributed by atoms with Crippen LogP contribution in [0.25, 0.3) is 6.08 Å². The number of methoxy groups -OCH3 is 1. The van der Waals surface area contributed by atoms with E-state index in [2.05, 4.69) is 10.3 Å². The number of carbonyl (C=O) groups excluding carboxylic acids is 2. The molecule has 6 nitrogen and oxygen atoms in total. The molecule has 0 saturated heterocycles. The molecular weight excluding hydrogens is 471 g/mol. The standard InChI is InChI=1S/C20H15Cl3N2O4S/c1-10(26)24-20-25-19(27)17(30-20)7-11-5-15(23)18(16(6-11)28-2)29-9-12-3-4-13(21)8-14(12)22/h3-8H,9H2,1-2H3,(H,24,25,26,27)/b17-7+. The summed E-state index contributed by atoms with van der Waals surface area (Å²) < 4.78 is 11.2. The molecule has 1 aliphatic heterocycles. The number of rotatable bonds is 5. The number of benzene rings is 2. The number of hydrogen-bond donors (Lipinski definition) is 1. The fourth-order valence-corrected chi connectivity index (χ4v) is 4.11. The van der Waals surface area contributed by atoms with Gasteiger partial charge in [-0.2, -0.15) is 4.99 Å². The molecule has 0 radical (unpaired) electrons. The normalized spacial score (nSPS) is 14.6. The molecule has 0 bridgehead atoms. The van der Waals surface area contributed by atoms with Crippen LogP contribution in [0.15, 0.2) is 40.2 Å². The van der Waals surface area contributed by atoms with E-state index >= 15 is 0 Å². The summed E-state index contributed by atoms with van der Waals surface area (Å²) in [5, 5.41) is 4.03. The first kappa shape index (κ1) is 22.5. The SMILES string of the molecule is COc1cc(/C=C2/SC(NC(C)=O)=NC2=O)cc(Cl)c1OCc1ccc(Cl)cc1Cl. The summed E-state index contributed by atoms with van der Waals surface area (Å²) >= 11 is 19.6. The van der Waals surface area contributed by atoms with Crippen LogP contribution in [-0.4, -0.2) is 24.1 Å². The highest BCUT2D eigenvalue weighted by Crippen LogP contribution is 2.39. The van der Waals surface area contributed by atoms with E-state index in [1.54, 1.807) is 36.4 Å². The second kappa shape index (κ2) is 9.75. The Morgan fingerprint density at radius 2 is 1.97 bits per heavy atom. The van der Waals surface area contributed by atoms with Crippen molar-refractivity contribution in [1.82, 2.24) is 5.32 Å². The molecule has 10 heteroatoms. The number of nitrogens with one attached hydrogen (secondary N) is 1. The van der Waals surface area contributed by atoms with Gasteiger partial charge in [-0.3, -0.25) is 9.59 Å². The van der Waals surface area contributed by atoms with Crippen molar-refractivity contribution in [3.8, 4) is 11.5 Å². The number of thioether (sulfide) groups is 1. The Morgan fingerprint density at radius 3 is 2.63 bits per heavy atom. The first-order valence-corrected chi connectivity index (χ1v) is 10.5. The third-order valence-corrected chi connectivity index (χ3v) is 5.61. The minimum absolute atomic E-state index is 0.161. The minimum atomic E-state index is -0.448. The van der Waals surface area contributed by atoms with E-state index < -0.39 is 5.91 Å². The largest absolute Gasteiger partial charge is 0.493 e. The van der Waals surface area contributed by atoms with Crippen molar-refractivity contribution in [2.24, 2.45) is 4.99 Å². The fourth-order valence-electron chi connectivity index (χ4n) is 2.52. The minimum Gasteiger partial charge on any atom is -0.493 e.